The molecule has 1 aromatic carbocycles. The molecule has 0 radical (unpaired) electrons. The second kappa shape index (κ2) is 4.29. The lowest BCUT2D eigenvalue weighted by atomic mass is 9.80. The van der Waals surface area contributed by atoms with Crippen LogP contribution in [0.1, 0.15) is 24.8 Å². The lowest BCUT2D eigenvalue weighted by Gasteiger charge is -2.35. The summed E-state index contributed by atoms with van der Waals surface area (Å²) in [6.07, 6.45) is 1.12. The Bertz CT molecular complexity index is 323. The van der Waals surface area contributed by atoms with Gasteiger partial charge in [0, 0.05) is 0 Å². The summed E-state index contributed by atoms with van der Waals surface area (Å²) in [5.74, 6) is 0.663. The predicted octanol–water partition coefficient (Wildman–Crippen LogP) is 1.82. The van der Waals surface area contributed by atoms with Crippen LogP contribution in [0.15, 0.2) is 24.3 Å². The van der Waals surface area contributed by atoms with E-state index in [0.717, 1.165) is 13.0 Å². The molecule has 0 aliphatic carbocycles. The molecular formula is C12H17FN2. The highest BCUT2D eigenvalue weighted by atomic mass is 19.1. The molecule has 1 aliphatic heterocycles. The average Bonchev–Trinajstić information content (AvgIpc) is 2.24. The van der Waals surface area contributed by atoms with E-state index >= 15 is 0 Å². The van der Waals surface area contributed by atoms with E-state index in [2.05, 4.69) is 12.2 Å². The van der Waals surface area contributed by atoms with Gasteiger partial charge >= 0.3 is 0 Å². The molecule has 3 N–H and O–H groups in total. The van der Waals surface area contributed by atoms with Gasteiger partial charge in [-0.1, -0.05) is 19.1 Å². The van der Waals surface area contributed by atoms with E-state index in [1.54, 1.807) is 0 Å². The number of hydrogen-bond acceptors (Lipinski definition) is 2. The fourth-order valence-corrected chi connectivity index (χ4v) is 2.28. The second-order valence-corrected chi connectivity index (χ2v) is 4.29. The Balaban J connectivity index is 2.18. The van der Waals surface area contributed by atoms with Crippen molar-refractivity contribution >= 4 is 0 Å². The van der Waals surface area contributed by atoms with Crippen molar-refractivity contribution < 1.29 is 4.39 Å². The maximum Gasteiger partial charge on any atom is 0.123 e. The van der Waals surface area contributed by atoms with Crippen molar-refractivity contribution in [2.24, 2.45) is 11.7 Å². The lowest BCUT2D eigenvalue weighted by molar-refractivity contribution is 0.266. The van der Waals surface area contributed by atoms with Gasteiger partial charge in [0.25, 0.3) is 0 Å². The topological polar surface area (TPSA) is 38.0 Å². The van der Waals surface area contributed by atoms with Crippen LogP contribution < -0.4 is 11.1 Å². The van der Waals surface area contributed by atoms with Crippen molar-refractivity contribution in [3.63, 3.8) is 0 Å². The van der Waals surface area contributed by atoms with Crippen molar-refractivity contribution in [3.05, 3.63) is 35.6 Å². The van der Waals surface area contributed by atoms with Crippen LogP contribution in [0.4, 0.5) is 4.39 Å². The van der Waals surface area contributed by atoms with E-state index in [-0.39, 0.29) is 12.0 Å². The molecule has 0 spiro atoms. The molecule has 2 nitrogen and oxygen atoms in total. The maximum atomic E-state index is 12.8. The van der Waals surface area contributed by atoms with Gasteiger partial charge in [-0.05, 0) is 42.5 Å². The largest absolute Gasteiger partial charge is 0.316 e. The number of rotatable bonds is 1. The van der Waals surface area contributed by atoms with Gasteiger partial charge in [0.15, 0.2) is 0 Å². The van der Waals surface area contributed by atoms with Crippen LogP contribution in [-0.4, -0.2) is 12.7 Å². The molecule has 0 saturated carbocycles. The third kappa shape index (κ3) is 2.19. The summed E-state index contributed by atoms with van der Waals surface area (Å²) in [5.41, 5.74) is 7.15. The average molecular weight is 208 g/mol. The molecule has 0 aromatic heterocycles. The van der Waals surface area contributed by atoms with Crippen LogP contribution in [0.25, 0.3) is 0 Å². The Morgan fingerprint density at radius 2 is 2.00 bits per heavy atom. The number of nitrogens with two attached hydrogens (primary N) is 1. The molecule has 3 unspecified atom stereocenters. The molecule has 15 heavy (non-hydrogen) atoms. The third-order valence-electron chi connectivity index (χ3n) is 3.33. The fraction of sp³-hybridized carbons (Fsp3) is 0.500. The van der Waals surface area contributed by atoms with E-state index in [1.807, 2.05) is 12.1 Å². The molecular weight excluding hydrogens is 191 g/mol. The SMILES string of the molecule is CC1C(N)NCCC1c1ccc(F)cc1. The summed E-state index contributed by atoms with van der Waals surface area (Å²) < 4.78 is 12.8. The zero-order valence-corrected chi connectivity index (χ0v) is 8.91. The van der Waals surface area contributed by atoms with E-state index in [0.29, 0.717) is 11.8 Å². The Kier molecular flexibility index (Phi) is 3.03. The zero-order chi connectivity index (χ0) is 10.8. The number of nitrogens with one attached hydrogen (secondary N) is 1. The van der Waals surface area contributed by atoms with E-state index < -0.39 is 0 Å². The van der Waals surface area contributed by atoms with E-state index in [4.69, 9.17) is 5.73 Å². The first-order valence-electron chi connectivity index (χ1n) is 5.43. The van der Waals surface area contributed by atoms with Crippen molar-refractivity contribution in [1.29, 1.82) is 0 Å². The van der Waals surface area contributed by atoms with Gasteiger partial charge in [0.05, 0.1) is 6.17 Å². The third-order valence-corrected chi connectivity index (χ3v) is 3.33. The second-order valence-electron chi connectivity index (χ2n) is 4.29. The highest BCUT2D eigenvalue weighted by Gasteiger charge is 2.28. The highest BCUT2D eigenvalue weighted by molar-refractivity contribution is 5.22. The Morgan fingerprint density at radius 3 is 2.67 bits per heavy atom. The molecule has 1 fully saturated rings. The van der Waals surface area contributed by atoms with Gasteiger partial charge < -0.3 is 11.1 Å². The van der Waals surface area contributed by atoms with Crippen molar-refractivity contribution in [1.82, 2.24) is 5.32 Å². The van der Waals surface area contributed by atoms with Gasteiger partial charge in [-0.2, -0.15) is 0 Å². The molecule has 1 saturated heterocycles. The summed E-state index contributed by atoms with van der Waals surface area (Å²) in [4.78, 5) is 0. The summed E-state index contributed by atoms with van der Waals surface area (Å²) in [6, 6.07) is 6.79. The molecule has 82 valence electrons. The maximum absolute atomic E-state index is 12.8. The van der Waals surface area contributed by atoms with Crippen LogP contribution >= 0.6 is 0 Å². The number of hydrogen-bond donors (Lipinski definition) is 2. The van der Waals surface area contributed by atoms with Gasteiger partial charge in [0.2, 0.25) is 0 Å². The zero-order valence-electron chi connectivity index (χ0n) is 8.91. The van der Waals surface area contributed by atoms with Gasteiger partial charge in [-0.3, -0.25) is 0 Å². The Morgan fingerprint density at radius 1 is 1.33 bits per heavy atom. The van der Waals surface area contributed by atoms with Crippen LogP contribution in [0.2, 0.25) is 0 Å². The number of piperidine rings is 1. The minimum absolute atomic E-state index is 0.0498. The quantitative estimate of drug-likeness (QED) is 0.739. The first-order valence-corrected chi connectivity index (χ1v) is 5.43. The minimum atomic E-state index is -0.176. The molecule has 1 aliphatic rings. The lowest BCUT2D eigenvalue weighted by Crippen LogP contribution is -2.49. The Hall–Kier alpha value is -0.930. The molecule has 3 atom stereocenters. The summed E-state index contributed by atoms with van der Waals surface area (Å²) in [7, 11) is 0. The van der Waals surface area contributed by atoms with Crippen LogP contribution in [0.3, 0.4) is 0 Å². The first kappa shape index (κ1) is 10.6. The summed E-state index contributed by atoms with van der Waals surface area (Å²) in [5, 5.41) is 3.25. The van der Waals surface area contributed by atoms with E-state index in [9.17, 15) is 4.39 Å². The van der Waals surface area contributed by atoms with Gasteiger partial charge in [-0.15, -0.1) is 0 Å². The highest BCUT2D eigenvalue weighted by Crippen LogP contribution is 2.31. The van der Waals surface area contributed by atoms with Crippen LogP contribution in [0.5, 0.6) is 0 Å². The molecule has 1 aromatic rings. The summed E-state index contributed by atoms with van der Waals surface area (Å²) in [6.45, 7) is 3.08. The van der Waals surface area contributed by atoms with E-state index in [1.165, 1.54) is 17.7 Å². The normalized spacial score (nSPS) is 31.5. The smallest absolute Gasteiger partial charge is 0.123 e. The van der Waals surface area contributed by atoms with Crippen LogP contribution in [0, 0.1) is 11.7 Å². The predicted molar refractivity (Wildman–Crippen MR) is 58.9 cm³/mol. The molecule has 0 amide bonds. The number of halogens is 1. The first-order chi connectivity index (χ1) is 7.18. The monoisotopic (exact) mass is 208 g/mol. The fourth-order valence-electron chi connectivity index (χ4n) is 2.28. The molecule has 2 rings (SSSR count). The Labute approximate surface area is 89.7 Å². The minimum Gasteiger partial charge on any atom is -0.316 e. The van der Waals surface area contributed by atoms with Gasteiger partial charge in [-0.25, -0.2) is 4.39 Å². The molecule has 3 heteroatoms. The molecule has 0 bridgehead atoms. The van der Waals surface area contributed by atoms with Crippen molar-refractivity contribution in [3.8, 4) is 0 Å². The van der Waals surface area contributed by atoms with Crippen LogP contribution in [-0.2, 0) is 0 Å². The summed E-state index contributed by atoms with van der Waals surface area (Å²) >= 11 is 0. The molecule has 1 heterocycles. The van der Waals surface area contributed by atoms with Crippen molar-refractivity contribution in [2.45, 2.75) is 25.4 Å². The van der Waals surface area contributed by atoms with Gasteiger partial charge in [0.1, 0.15) is 5.82 Å². The van der Waals surface area contributed by atoms with Crippen molar-refractivity contribution in [2.75, 3.05) is 6.54 Å². The number of benzene rings is 1. The standard InChI is InChI=1S/C12H17FN2/c1-8-11(6-7-15-12(8)14)9-2-4-10(13)5-3-9/h2-5,8,11-12,15H,6-7,14H2,1H3.